The molecule has 1 fully saturated rings. The lowest BCUT2D eigenvalue weighted by atomic mass is 10.2. The minimum absolute atomic E-state index is 0.220. The molecular weight excluding hydrogens is 355 g/mol. The Labute approximate surface area is 166 Å². The van der Waals surface area contributed by atoms with Gasteiger partial charge in [-0.15, -0.1) is 0 Å². The van der Waals surface area contributed by atoms with Crippen LogP contribution in [-0.4, -0.2) is 68.1 Å². The number of benzene rings is 1. The Morgan fingerprint density at radius 1 is 1.18 bits per heavy atom. The van der Waals surface area contributed by atoms with Gasteiger partial charge in [0, 0.05) is 59.6 Å². The van der Waals surface area contributed by atoms with E-state index in [2.05, 4.69) is 38.2 Å². The van der Waals surface area contributed by atoms with Crippen LogP contribution in [-0.2, 0) is 13.1 Å². The summed E-state index contributed by atoms with van der Waals surface area (Å²) in [5.41, 5.74) is 2.07. The van der Waals surface area contributed by atoms with Gasteiger partial charge in [-0.1, -0.05) is 12.1 Å². The van der Waals surface area contributed by atoms with Crippen LogP contribution in [0.4, 0.5) is 10.2 Å². The molecule has 0 radical (unpaired) electrons. The van der Waals surface area contributed by atoms with Crippen LogP contribution in [0.5, 0.6) is 0 Å². The van der Waals surface area contributed by atoms with Crippen molar-refractivity contribution in [1.29, 1.82) is 0 Å². The van der Waals surface area contributed by atoms with Crippen LogP contribution in [0.15, 0.2) is 47.6 Å². The number of hydrogen-bond acceptors (Lipinski definition) is 4. The molecule has 6 nitrogen and oxygen atoms in total. The molecule has 0 amide bonds. The van der Waals surface area contributed by atoms with E-state index in [0.29, 0.717) is 13.1 Å². The van der Waals surface area contributed by atoms with Gasteiger partial charge in [0.15, 0.2) is 5.96 Å². The number of rotatable bonds is 5. The number of pyridine rings is 1. The summed E-state index contributed by atoms with van der Waals surface area (Å²) in [7, 11) is 5.85. The minimum Gasteiger partial charge on any atom is -0.354 e. The zero-order valence-corrected chi connectivity index (χ0v) is 16.9. The topological polar surface area (TPSA) is 47.0 Å². The van der Waals surface area contributed by atoms with E-state index < -0.39 is 0 Å². The molecule has 2 aromatic rings. The Kier molecular flexibility index (Phi) is 6.81. The third kappa shape index (κ3) is 5.42. The molecule has 0 unspecified atom stereocenters. The molecule has 7 heteroatoms. The number of anilines is 1. The van der Waals surface area contributed by atoms with Gasteiger partial charge in [0.05, 0.1) is 0 Å². The normalized spacial score (nSPS) is 15.6. The molecule has 1 aliphatic rings. The average molecular weight is 385 g/mol. The fourth-order valence-electron chi connectivity index (χ4n) is 3.33. The lowest BCUT2D eigenvalue weighted by Crippen LogP contribution is -2.44. The van der Waals surface area contributed by atoms with E-state index in [1.54, 1.807) is 19.2 Å². The molecule has 28 heavy (non-hydrogen) atoms. The zero-order valence-electron chi connectivity index (χ0n) is 16.9. The number of likely N-dealkylation sites (N-methyl/N-ethyl adjacent to an activating group) is 1. The summed E-state index contributed by atoms with van der Waals surface area (Å²) >= 11 is 0. The first-order chi connectivity index (χ1) is 13.5. The quantitative estimate of drug-likeness (QED) is 0.633. The molecule has 2 heterocycles. The lowest BCUT2D eigenvalue weighted by molar-refractivity contribution is 0.312. The van der Waals surface area contributed by atoms with Gasteiger partial charge >= 0.3 is 0 Å². The molecule has 1 aliphatic heterocycles. The fraction of sp³-hybridized carbons (Fsp3) is 0.429. The Hall–Kier alpha value is -2.67. The predicted octanol–water partition coefficient (Wildman–Crippen LogP) is 2.18. The Morgan fingerprint density at radius 2 is 1.96 bits per heavy atom. The average Bonchev–Trinajstić information content (AvgIpc) is 2.69. The second-order valence-electron chi connectivity index (χ2n) is 7.20. The van der Waals surface area contributed by atoms with Crippen molar-refractivity contribution in [3.05, 3.63) is 59.5 Å². The van der Waals surface area contributed by atoms with Gasteiger partial charge in [-0.3, -0.25) is 4.99 Å². The van der Waals surface area contributed by atoms with Crippen LogP contribution in [0, 0.1) is 5.82 Å². The number of hydrogen-bond donors (Lipinski definition) is 1. The second kappa shape index (κ2) is 9.50. The van der Waals surface area contributed by atoms with Crippen molar-refractivity contribution >= 4 is 11.8 Å². The van der Waals surface area contributed by atoms with Crippen molar-refractivity contribution < 1.29 is 4.39 Å². The summed E-state index contributed by atoms with van der Waals surface area (Å²) in [5, 5.41) is 3.39. The first kappa shape index (κ1) is 20.1. The molecule has 1 aromatic carbocycles. The van der Waals surface area contributed by atoms with Crippen LogP contribution in [0.1, 0.15) is 11.1 Å². The van der Waals surface area contributed by atoms with Crippen LogP contribution >= 0.6 is 0 Å². The predicted molar refractivity (Wildman–Crippen MR) is 112 cm³/mol. The molecule has 1 saturated heterocycles. The SMILES string of the molecule is CN=C(NCc1ccnc(N2CCN(C)CC2)c1)N(C)Cc1cccc(F)c1. The summed E-state index contributed by atoms with van der Waals surface area (Å²) in [4.78, 5) is 15.5. The summed E-state index contributed by atoms with van der Waals surface area (Å²) in [5.74, 6) is 1.57. The molecule has 1 aromatic heterocycles. The number of aromatic nitrogens is 1. The highest BCUT2D eigenvalue weighted by molar-refractivity contribution is 5.79. The maximum atomic E-state index is 13.4. The number of piperazine rings is 1. The third-order valence-corrected chi connectivity index (χ3v) is 4.97. The Balaban J connectivity index is 1.58. The highest BCUT2D eigenvalue weighted by Gasteiger charge is 2.15. The Morgan fingerprint density at radius 3 is 2.68 bits per heavy atom. The van der Waals surface area contributed by atoms with Crippen LogP contribution < -0.4 is 10.2 Å². The Bertz CT molecular complexity index is 801. The van der Waals surface area contributed by atoms with E-state index in [1.165, 1.54) is 6.07 Å². The van der Waals surface area contributed by atoms with E-state index in [4.69, 9.17) is 0 Å². The van der Waals surface area contributed by atoms with Crippen molar-refractivity contribution in [1.82, 2.24) is 20.1 Å². The van der Waals surface area contributed by atoms with Crippen molar-refractivity contribution in [2.24, 2.45) is 4.99 Å². The van der Waals surface area contributed by atoms with Gasteiger partial charge in [0.1, 0.15) is 11.6 Å². The van der Waals surface area contributed by atoms with Crippen molar-refractivity contribution in [2.75, 3.05) is 52.2 Å². The molecule has 0 aliphatic carbocycles. The van der Waals surface area contributed by atoms with Crippen LogP contribution in [0.2, 0.25) is 0 Å². The molecule has 0 spiro atoms. The van der Waals surface area contributed by atoms with Crippen molar-refractivity contribution in [3.8, 4) is 0 Å². The lowest BCUT2D eigenvalue weighted by Gasteiger charge is -2.33. The number of guanidine groups is 1. The second-order valence-corrected chi connectivity index (χ2v) is 7.20. The van der Waals surface area contributed by atoms with Gasteiger partial charge < -0.3 is 20.0 Å². The number of halogens is 1. The molecule has 1 N–H and O–H groups in total. The smallest absolute Gasteiger partial charge is 0.193 e. The fourth-order valence-corrected chi connectivity index (χ4v) is 3.33. The summed E-state index contributed by atoms with van der Waals surface area (Å²) in [6.07, 6.45) is 1.86. The van der Waals surface area contributed by atoms with Crippen LogP contribution in [0.3, 0.4) is 0 Å². The highest BCUT2D eigenvalue weighted by atomic mass is 19.1. The van der Waals surface area contributed by atoms with E-state index >= 15 is 0 Å². The van der Waals surface area contributed by atoms with Gasteiger partial charge in [-0.25, -0.2) is 9.37 Å². The van der Waals surface area contributed by atoms with Gasteiger partial charge in [-0.05, 0) is 42.4 Å². The zero-order chi connectivity index (χ0) is 19.9. The van der Waals surface area contributed by atoms with Gasteiger partial charge in [0.2, 0.25) is 0 Å². The first-order valence-corrected chi connectivity index (χ1v) is 9.60. The van der Waals surface area contributed by atoms with E-state index in [-0.39, 0.29) is 5.82 Å². The maximum absolute atomic E-state index is 13.4. The molecule has 0 saturated carbocycles. The summed E-state index contributed by atoms with van der Waals surface area (Å²) in [6.45, 7) is 5.35. The maximum Gasteiger partial charge on any atom is 0.193 e. The van der Waals surface area contributed by atoms with Gasteiger partial charge in [-0.2, -0.15) is 0 Å². The standard InChI is InChI=1S/C21H29FN6/c1-23-21(27(3)16-18-5-4-6-19(22)13-18)25-15-17-7-8-24-20(14-17)28-11-9-26(2)10-12-28/h4-8,13-14H,9-12,15-16H2,1-3H3,(H,23,25). The number of nitrogens with one attached hydrogen (secondary N) is 1. The highest BCUT2D eigenvalue weighted by Crippen LogP contribution is 2.15. The first-order valence-electron chi connectivity index (χ1n) is 9.60. The molecule has 0 atom stereocenters. The number of nitrogens with zero attached hydrogens (tertiary/aromatic N) is 5. The molecule has 3 rings (SSSR count). The van der Waals surface area contributed by atoms with E-state index in [9.17, 15) is 4.39 Å². The minimum atomic E-state index is -0.220. The third-order valence-electron chi connectivity index (χ3n) is 4.97. The van der Waals surface area contributed by atoms with Crippen LogP contribution in [0.25, 0.3) is 0 Å². The molecule has 0 bridgehead atoms. The summed E-state index contributed by atoms with van der Waals surface area (Å²) in [6, 6.07) is 10.8. The van der Waals surface area contributed by atoms with Crippen molar-refractivity contribution in [2.45, 2.75) is 13.1 Å². The summed E-state index contributed by atoms with van der Waals surface area (Å²) < 4.78 is 13.4. The monoisotopic (exact) mass is 384 g/mol. The van der Waals surface area contributed by atoms with Crippen molar-refractivity contribution in [3.63, 3.8) is 0 Å². The van der Waals surface area contributed by atoms with Gasteiger partial charge in [0.25, 0.3) is 0 Å². The molecular formula is C21H29FN6. The van der Waals surface area contributed by atoms with E-state index in [1.807, 2.05) is 30.3 Å². The number of aliphatic imine (C=N–C) groups is 1. The van der Waals surface area contributed by atoms with E-state index in [0.717, 1.165) is 49.1 Å². The molecule has 150 valence electrons. The largest absolute Gasteiger partial charge is 0.354 e.